The van der Waals surface area contributed by atoms with Gasteiger partial charge in [-0.3, -0.25) is 0 Å². The third kappa shape index (κ3) is 9.63. The Bertz CT molecular complexity index is 609. The Balaban J connectivity index is 1.38. The highest BCUT2D eigenvalue weighted by atomic mass is 16.5. The minimum atomic E-state index is 0.155. The lowest BCUT2D eigenvalue weighted by atomic mass is 10.0. The van der Waals surface area contributed by atoms with Crippen LogP contribution in [0.3, 0.4) is 0 Å². The average Bonchev–Trinajstić information content (AvgIpc) is 2.68. The molecule has 0 fully saturated rings. The van der Waals surface area contributed by atoms with Crippen LogP contribution in [0.15, 0.2) is 54.6 Å². The second kappa shape index (κ2) is 13.4. The van der Waals surface area contributed by atoms with Crippen molar-refractivity contribution in [1.29, 1.82) is 0 Å². The minimum Gasteiger partial charge on any atom is -0.508 e. The Kier molecular flexibility index (Phi) is 10.7. The number of phenolic OH excluding ortho intramolecular Hbond substituents is 1. The minimum absolute atomic E-state index is 0.155. The lowest BCUT2D eigenvalue weighted by molar-refractivity contribution is 0.0631. The van der Waals surface area contributed by atoms with Crippen molar-refractivity contribution in [3.05, 3.63) is 65.7 Å². The van der Waals surface area contributed by atoms with E-state index in [1.165, 1.54) is 56.9 Å². The molecular weight excluding hydrogens is 332 g/mol. The molecule has 0 heterocycles. The number of aromatic hydroxyl groups is 1. The van der Waals surface area contributed by atoms with Gasteiger partial charge in [-0.2, -0.15) is 0 Å². The van der Waals surface area contributed by atoms with Gasteiger partial charge in [0.15, 0.2) is 0 Å². The number of unbranched alkanes of at least 4 members (excludes halogenated alkanes) is 7. The first-order valence-electron chi connectivity index (χ1n) is 10.7. The van der Waals surface area contributed by atoms with Crippen molar-refractivity contribution in [2.24, 2.45) is 0 Å². The summed E-state index contributed by atoms with van der Waals surface area (Å²) in [7, 11) is 0. The van der Waals surface area contributed by atoms with Crippen LogP contribution in [0, 0.1) is 0 Å². The Labute approximate surface area is 165 Å². The summed E-state index contributed by atoms with van der Waals surface area (Å²) in [5, 5.41) is 9.81. The molecule has 1 unspecified atom stereocenters. The van der Waals surface area contributed by atoms with E-state index in [1.54, 1.807) is 6.07 Å². The van der Waals surface area contributed by atoms with Gasteiger partial charge >= 0.3 is 0 Å². The SMILES string of the molecule is CC(Cc1ccccc1O)OCCCCCCCCCCc1ccccc1. The van der Waals surface area contributed by atoms with Gasteiger partial charge in [-0.05, 0) is 43.4 Å². The molecular formula is C25H36O2. The standard InChI is InChI=1S/C25H36O2/c1-22(21-24-18-12-13-19-25(24)26)27-20-14-7-5-3-2-4-6-9-15-23-16-10-8-11-17-23/h8,10-13,16-19,22,26H,2-7,9,14-15,20-21H2,1H3. The fourth-order valence-electron chi connectivity index (χ4n) is 3.47. The number of hydrogen-bond acceptors (Lipinski definition) is 2. The Hall–Kier alpha value is -1.80. The van der Waals surface area contributed by atoms with E-state index >= 15 is 0 Å². The van der Waals surface area contributed by atoms with E-state index < -0.39 is 0 Å². The third-order valence-electron chi connectivity index (χ3n) is 5.10. The summed E-state index contributed by atoms with van der Waals surface area (Å²) < 4.78 is 5.89. The van der Waals surface area contributed by atoms with Crippen LogP contribution in [0.1, 0.15) is 69.4 Å². The van der Waals surface area contributed by atoms with Crippen molar-refractivity contribution in [2.45, 2.75) is 77.2 Å². The van der Waals surface area contributed by atoms with E-state index in [0.717, 1.165) is 25.0 Å². The fraction of sp³-hybridized carbons (Fsp3) is 0.520. The summed E-state index contributed by atoms with van der Waals surface area (Å²) in [6.45, 7) is 2.91. The highest BCUT2D eigenvalue weighted by molar-refractivity contribution is 5.32. The second-order valence-electron chi connectivity index (χ2n) is 7.58. The first-order valence-corrected chi connectivity index (χ1v) is 10.7. The first kappa shape index (κ1) is 21.5. The smallest absolute Gasteiger partial charge is 0.118 e. The van der Waals surface area contributed by atoms with E-state index in [1.807, 2.05) is 18.2 Å². The lowest BCUT2D eigenvalue weighted by Crippen LogP contribution is -2.12. The highest BCUT2D eigenvalue weighted by Crippen LogP contribution is 2.18. The fourth-order valence-corrected chi connectivity index (χ4v) is 3.47. The van der Waals surface area contributed by atoms with Crippen LogP contribution in [-0.4, -0.2) is 17.8 Å². The molecule has 2 heteroatoms. The number of ether oxygens (including phenoxy) is 1. The predicted molar refractivity (Wildman–Crippen MR) is 114 cm³/mol. The molecule has 27 heavy (non-hydrogen) atoms. The number of hydrogen-bond donors (Lipinski definition) is 1. The molecule has 2 nitrogen and oxygen atoms in total. The van der Waals surface area contributed by atoms with E-state index in [9.17, 15) is 5.11 Å². The zero-order valence-corrected chi connectivity index (χ0v) is 16.9. The largest absolute Gasteiger partial charge is 0.508 e. The summed E-state index contributed by atoms with van der Waals surface area (Å²) in [6, 6.07) is 18.3. The summed E-state index contributed by atoms with van der Waals surface area (Å²) in [6.07, 6.45) is 12.6. The lowest BCUT2D eigenvalue weighted by Gasteiger charge is -2.14. The van der Waals surface area contributed by atoms with E-state index in [2.05, 4.69) is 37.3 Å². The number of para-hydroxylation sites is 1. The maximum absolute atomic E-state index is 9.81. The van der Waals surface area contributed by atoms with E-state index in [-0.39, 0.29) is 6.10 Å². The molecule has 1 N–H and O–H groups in total. The van der Waals surface area contributed by atoms with Crippen LogP contribution in [0.25, 0.3) is 0 Å². The summed E-state index contributed by atoms with van der Waals surface area (Å²) in [5.74, 6) is 0.372. The molecule has 0 spiro atoms. The van der Waals surface area contributed by atoms with E-state index in [0.29, 0.717) is 5.75 Å². The molecule has 0 radical (unpaired) electrons. The number of rotatable bonds is 14. The molecule has 0 aliphatic rings. The van der Waals surface area contributed by atoms with Crippen LogP contribution in [0.5, 0.6) is 5.75 Å². The van der Waals surface area contributed by atoms with Crippen molar-refractivity contribution in [1.82, 2.24) is 0 Å². The van der Waals surface area contributed by atoms with Crippen molar-refractivity contribution in [3.8, 4) is 5.75 Å². The first-order chi connectivity index (χ1) is 13.3. The summed E-state index contributed by atoms with van der Waals surface area (Å²) in [5.41, 5.74) is 2.44. The molecule has 2 aromatic rings. The molecule has 0 aromatic heterocycles. The zero-order chi connectivity index (χ0) is 19.2. The van der Waals surface area contributed by atoms with Crippen molar-refractivity contribution >= 4 is 0 Å². The molecule has 0 saturated carbocycles. The van der Waals surface area contributed by atoms with Crippen LogP contribution in [-0.2, 0) is 17.6 Å². The molecule has 0 aliphatic heterocycles. The maximum Gasteiger partial charge on any atom is 0.118 e. The van der Waals surface area contributed by atoms with Crippen molar-refractivity contribution in [2.75, 3.05) is 6.61 Å². The molecule has 2 rings (SSSR count). The van der Waals surface area contributed by atoms with Gasteiger partial charge in [-0.1, -0.05) is 87.1 Å². The van der Waals surface area contributed by atoms with Crippen LogP contribution in [0.2, 0.25) is 0 Å². The van der Waals surface area contributed by atoms with Crippen molar-refractivity contribution < 1.29 is 9.84 Å². The number of benzene rings is 2. The van der Waals surface area contributed by atoms with Gasteiger partial charge in [0.2, 0.25) is 0 Å². The Morgan fingerprint density at radius 3 is 2.04 bits per heavy atom. The Morgan fingerprint density at radius 2 is 1.33 bits per heavy atom. The number of aryl methyl sites for hydroxylation is 1. The normalized spacial score (nSPS) is 12.2. The van der Waals surface area contributed by atoms with Gasteiger partial charge < -0.3 is 9.84 Å². The predicted octanol–water partition coefficient (Wildman–Crippen LogP) is 6.70. The topological polar surface area (TPSA) is 29.5 Å². The monoisotopic (exact) mass is 368 g/mol. The van der Waals surface area contributed by atoms with Gasteiger partial charge in [-0.25, -0.2) is 0 Å². The summed E-state index contributed by atoms with van der Waals surface area (Å²) in [4.78, 5) is 0. The quantitative estimate of drug-likeness (QED) is 0.376. The van der Waals surface area contributed by atoms with Crippen LogP contribution in [0.4, 0.5) is 0 Å². The van der Waals surface area contributed by atoms with Crippen LogP contribution < -0.4 is 0 Å². The Morgan fingerprint density at radius 1 is 0.741 bits per heavy atom. The average molecular weight is 369 g/mol. The van der Waals surface area contributed by atoms with Crippen molar-refractivity contribution in [3.63, 3.8) is 0 Å². The highest BCUT2D eigenvalue weighted by Gasteiger charge is 2.07. The zero-order valence-electron chi connectivity index (χ0n) is 16.9. The van der Waals surface area contributed by atoms with Gasteiger partial charge in [0.05, 0.1) is 6.10 Å². The van der Waals surface area contributed by atoms with Gasteiger partial charge in [-0.15, -0.1) is 0 Å². The molecule has 0 aliphatic carbocycles. The molecule has 0 amide bonds. The maximum atomic E-state index is 9.81. The van der Waals surface area contributed by atoms with Gasteiger partial charge in [0.25, 0.3) is 0 Å². The van der Waals surface area contributed by atoms with E-state index in [4.69, 9.17) is 4.74 Å². The molecule has 0 bridgehead atoms. The summed E-state index contributed by atoms with van der Waals surface area (Å²) >= 11 is 0. The second-order valence-corrected chi connectivity index (χ2v) is 7.58. The molecule has 1 atom stereocenters. The molecule has 148 valence electrons. The third-order valence-corrected chi connectivity index (χ3v) is 5.10. The van der Waals surface area contributed by atoms with Crippen LogP contribution >= 0.6 is 0 Å². The molecule has 2 aromatic carbocycles. The molecule has 0 saturated heterocycles. The number of phenols is 1. The van der Waals surface area contributed by atoms with Gasteiger partial charge in [0, 0.05) is 13.0 Å². The van der Waals surface area contributed by atoms with Gasteiger partial charge in [0.1, 0.15) is 5.75 Å².